The fourth-order valence-corrected chi connectivity index (χ4v) is 1.40. The maximum atomic E-state index is 10.7. The highest BCUT2D eigenvalue weighted by molar-refractivity contribution is 5.88. The number of carboxylic acid groups (broad SMARTS) is 1. The number of unbranched alkanes of at least 4 members (excludes halogenated alkanes) is 1. The predicted octanol–water partition coefficient (Wildman–Crippen LogP) is 2.60. The Morgan fingerprint density at radius 1 is 1.53 bits per heavy atom. The van der Waals surface area contributed by atoms with Crippen molar-refractivity contribution in [2.75, 3.05) is 0 Å². The van der Waals surface area contributed by atoms with Crippen LogP contribution < -0.4 is 0 Å². The van der Waals surface area contributed by atoms with Gasteiger partial charge in [0, 0.05) is 0 Å². The Bertz CT molecular complexity index is 405. The summed E-state index contributed by atoms with van der Waals surface area (Å²) >= 11 is 0. The molecule has 1 aromatic rings. The molecular formula is C12H13NO2. The van der Waals surface area contributed by atoms with Crippen molar-refractivity contribution in [3.05, 3.63) is 34.9 Å². The van der Waals surface area contributed by atoms with Gasteiger partial charge in [0.15, 0.2) is 0 Å². The van der Waals surface area contributed by atoms with E-state index in [4.69, 9.17) is 10.4 Å². The third-order valence-electron chi connectivity index (χ3n) is 2.28. The van der Waals surface area contributed by atoms with E-state index in [-0.39, 0.29) is 5.56 Å². The molecule has 0 radical (unpaired) electrons. The maximum Gasteiger partial charge on any atom is 0.335 e. The summed E-state index contributed by atoms with van der Waals surface area (Å²) in [4.78, 5) is 10.7. The number of hydrogen-bond donors (Lipinski definition) is 1. The molecule has 1 N–H and O–H groups in total. The Morgan fingerprint density at radius 2 is 2.27 bits per heavy atom. The summed E-state index contributed by atoms with van der Waals surface area (Å²) in [6, 6.07) is 6.76. The molecule has 0 spiro atoms. The molecular weight excluding hydrogens is 190 g/mol. The van der Waals surface area contributed by atoms with E-state index in [0.29, 0.717) is 5.56 Å². The first-order valence-corrected chi connectivity index (χ1v) is 4.95. The van der Waals surface area contributed by atoms with Crippen LogP contribution in [0.3, 0.4) is 0 Å². The highest BCUT2D eigenvalue weighted by Gasteiger charge is 2.07. The lowest BCUT2D eigenvalue weighted by Gasteiger charge is -2.03. The predicted molar refractivity (Wildman–Crippen MR) is 56.7 cm³/mol. The minimum Gasteiger partial charge on any atom is -0.478 e. The molecule has 0 aliphatic carbocycles. The Kier molecular flexibility index (Phi) is 3.87. The van der Waals surface area contributed by atoms with Crippen molar-refractivity contribution < 1.29 is 9.90 Å². The number of aryl methyl sites for hydroxylation is 1. The third-order valence-corrected chi connectivity index (χ3v) is 2.28. The number of nitriles is 1. The van der Waals surface area contributed by atoms with Crippen molar-refractivity contribution in [3.8, 4) is 6.07 Å². The van der Waals surface area contributed by atoms with Gasteiger partial charge in [-0.2, -0.15) is 5.26 Å². The summed E-state index contributed by atoms with van der Waals surface area (Å²) in [6.45, 7) is 2.08. The highest BCUT2D eigenvalue weighted by Crippen LogP contribution is 2.14. The molecule has 0 aliphatic heterocycles. The molecule has 0 fully saturated rings. The molecule has 15 heavy (non-hydrogen) atoms. The minimum absolute atomic E-state index is 0.173. The molecule has 3 nitrogen and oxygen atoms in total. The number of carboxylic acids is 1. The van der Waals surface area contributed by atoms with Crippen molar-refractivity contribution in [1.82, 2.24) is 0 Å². The van der Waals surface area contributed by atoms with Gasteiger partial charge in [0.2, 0.25) is 0 Å². The molecule has 1 rings (SSSR count). The van der Waals surface area contributed by atoms with E-state index in [9.17, 15) is 4.79 Å². The Morgan fingerprint density at radius 3 is 2.80 bits per heavy atom. The second-order valence-corrected chi connectivity index (χ2v) is 3.39. The van der Waals surface area contributed by atoms with Crippen LogP contribution in [0.2, 0.25) is 0 Å². The lowest BCUT2D eigenvalue weighted by molar-refractivity contribution is 0.0697. The fourth-order valence-electron chi connectivity index (χ4n) is 1.40. The van der Waals surface area contributed by atoms with Gasteiger partial charge in [-0.3, -0.25) is 0 Å². The number of benzene rings is 1. The van der Waals surface area contributed by atoms with Gasteiger partial charge in [0.25, 0.3) is 0 Å². The molecule has 78 valence electrons. The lowest BCUT2D eigenvalue weighted by Crippen LogP contribution is -1.99. The van der Waals surface area contributed by atoms with E-state index >= 15 is 0 Å². The Balaban J connectivity index is 3.00. The molecule has 0 heterocycles. The van der Waals surface area contributed by atoms with Crippen LogP contribution in [0, 0.1) is 11.3 Å². The third kappa shape index (κ3) is 2.81. The smallest absolute Gasteiger partial charge is 0.335 e. The molecule has 0 bridgehead atoms. The monoisotopic (exact) mass is 203 g/mol. The van der Waals surface area contributed by atoms with Crippen LogP contribution in [-0.4, -0.2) is 11.1 Å². The summed E-state index contributed by atoms with van der Waals surface area (Å²) in [5.74, 6) is -0.992. The lowest BCUT2D eigenvalue weighted by atomic mass is 10.0. The molecule has 0 amide bonds. The zero-order chi connectivity index (χ0) is 11.3. The molecule has 0 saturated heterocycles. The molecule has 0 unspecified atom stereocenters. The second-order valence-electron chi connectivity index (χ2n) is 3.39. The number of hydrogen-bond acceptors (Lipinski definition) is 2. The van der Waals surface area contributed by atoms with Crippen molar-refractivity contribution in [2.45, 2.75) is 26.2 Å². The largest absolute Gasteiger partial charge is 0.478 e. The van der Waals surface area contributed by atoms with Crippen molar-refractivity contribution in [3.63, 3.8) is 0 Å². The van der Waals surface area contributed by atoms with E-state index in [2.05, 4.69) is 6.92 Å². The van der Waals surface area contributed by atoms with Crippen LogP contribution in [0.25, 0.3) is 0 Å². The van der Waals surface area contributed by atoms with Gasteiger partial charge in [0.05, 0.1) is 17.2 Å². The normalized spacial score (nSPS) is 9.60. The number of carbonyl (C=O) groups is 1. The van der Waals surface area contributed by atoms with Crippen LogP contribution in [0.5, 0.6) is 0 Å². The van der Waals surface area contributed by atoms with Crippen molar-refractivity contribution in [2.24, 2.45) is 0 Å². The quantitative estimate of drug-likeness (QED) is 0.818. The van der Waals surface area contributed by atoms with E-state index in [0.717, 1.165) is 24.8 Å². The summed E-state index contributed by atoms with van der Waals surface area (Å²) in [5.41, 5.74) is 1.58. The topological polar surface area (TPSA) is 61.1 Å². The molecule has 3 heteroatoms. The summed E-state index contributed by atoms with van der Waals surface area (Å²) in [5, 5.41) is 17.6. The summed E-state index contributed by atoms with van der Waals surface area (Å²) < 4.78 is 0. The second kappa shape index (κ2) is 5.16. The summed E-state index contributed by atoms with van der Waals surface area (Å²) in [6.07, 6.45) is 2.91. The van der Waals surface area contributed by atoms with E-state index < -0.39 is 5.97 Å². The fraction of sp³-hybridized carbons (Fsp3) is 0.333. The average Bonchev–Trinajstić information content (AvgIpc) is 2.25. The number of aromatic carboxylic acids is 1. The van der Waals surface area contributed by atoms with Crippen LogP contribution >= 0.6 is 0 Å². The number of nitrogens with zero attached hydrogens (tertiary/aromatic N) is 1. The Hall–Kier alpha value is -1.82. The van der Waals surface area contributed by atoms with Gasteiger partial charge >= 0.3 is 5.97 Å². The first-order valence-electron chi connectivity index (χ1n) is 4.95. The zero-order valence-corrected chi connectivity index (χ0v) is 8.66. The van der Waals surface area contributed by atoms with E-state index in [1.54, 1.807) is 12.1 Å². The van der Waals surface area contributed by atoms with Crippen molar-refractivity contribution in [1.29, 1.82) is 5.26 Å². The van der Waals surface area contributed by atoms with Gasteiger partial charge in [-0.25, -0.2) is 4.79 Å². The highest BCUT2D eigenvalue weighted by atomic mass is 16.4. The first kappa shape index (κ1) is 11.3. The van der Waals surface area contributed by atoms with E-state index in [1.807, 2.05) is 6.07 Å². The molecule has 0 saturated carbocycles. The molecule has 0 aliphatic rings. The molecule has 0 aromatic heterocycles. The SMILES string of the molecule is CCCCc1ccc(C(=O)O)cc1C#N. The van der Waals surface area contributed by atoms with Crippen LogP contribution in [-0.2, 0) is 6.42 Å². The number of rotatable bonds is 4. The van der Waals surface area contributed by atoms with Gasteiger partial charge < -0.3 is 5.11 Å². The van der Waals surface area contributed by atoms with Gasteiger partial charge in [-0.15, -0.1) is 0 Å². The van der Waals surface area contributed by atoms with Crippen LogP contribution in [0.4, 0.5) is 0 Å². The molecule has 0 atom stereocenters. The van der Waals surface area contributed by atoms with Crippen LogP contribution in [0.15, 0.2) is 18.2 Å². The van der Waals surface area contributed by atoms with Gasteiger partial charge in [0.1, 0.15) is 0 Å². The zero-order valence-electron chi connectivity index (χ0n) is 8.66. The van der Waals surface area contributed by atoms with E-state index in [1.165, 1.54) is 6.07 Å². The Labute approximate surface area is 89.0 Å². The van der Waals surface area contributed by atoms with Gasteiger partial charge in [-0.05, 0) is 30.5 Å². The van der Waals surface area contributed by atoms with Gasteiger partial charge in [-0.1, -0.05) is 19.4 Å². The minimum atomic E-state index is -0.992. The molecule has 1 aromatic carbocycles. The standard InChI is InChI=1S/C12H13NO2/c1-2-3-4-9-5-6-10(12(14)15)7-11(9)8-13/h5-7H,2-4H2,1H3,(H,14,15). The average molecular weight is 203 g/mol. The first-order chi connectivity index (χ1) is 7.19. The summed E-state index contributed by atoms with van der Waals surface area (Å²) in [7, 11) is 0. The van der Waals surface area contributed by atoms with Crippen molar-refractivity contribution >= 4 is 5.97 Å². The van der Waals surface area contributed by atoms with Crippen LogP contribution in [0.1, 0.15) is 41.3 Å². The maximum absolute atomic E-state index is 10.7.